The van der Waals surface area contributed by atoms with E-state index in [9.17, 15) is 0 Å². The summed E-state index contributed by atoms with van der Waals surface area (Å²) in [7, 11) is 0. The summed E-state index contributed by atoms with van der Waals surface area (Å²) in [6, 6.07) is 18.2. The van der Waals surface area contributed by atoms with Crippen molar-refractivity contribution in [3.05, 3.63) is 70.7 Å². The van der Waals surface area contributed by atoms with E-state index in [2.05, 4.69) is 27.6 Å². The standard InChI is InChI=1S/C22H19ClN4/c23-18-11-5-3-9-16(18)20-13-14-7-1-2-8-15(14)21(24-20)25-22-17-10-4-6-12-19(17)26-27-22/h3-6,9-13H,1-2,7-8H2,(H2,24,25,26,27). The summed E-state index contributed by atoms with van der Waals surface area (Å²) in [5.74, 6) is 1.70. The lowest BCUT2D eigenvalue weighted by molar-refractivity contribution is 0.684. The fourth-order valence-corrected chi connectivity index (χ4v) is 4.06. The molecule has 134 valence electrons. The number of H-pyrrole nitrogens is 1. The molecular formula is C22H19ClN4. The van der Waals surface area contributed by atoms with Gasteiger partial charge < -0.3 is 5.32 Å². The van der Waals surface area contributed by atoms with Crippen molar-refractivity contribution in [2.75, 3.05) is 5.32 Å². The van der Waals surface area contributed by atoms with Crippen LogP contribution in [-0.2, 0) is 12.8 Å². The van der Waals surface area contributed by atoms with E-state index in [-0.39, 0.29) is 0 Å². The Balaban J connectivity index is 1.64. The number of aromatic nitrogens is 3. The number of nitrogens with zero attached hydrogens (tertiary/aromatic N) is 2. The van der Waals surface area contributed by atoms with Crippen molar-refractivity contribution in [3.8, 4) is 11.3 Å². The number of pyridine rings is 1. The number of hydrogen-bond acceptors (Lipinski definition) is 3. The number of nitrogens with one attached hydrogen (secondary N) is 2. The van der Waals surface area contributed by atoms with Gasteiger partial charge in [-0.3, -0.25) is 5.10 Å². The summed E-state index contributed by atoms with van der Waals surface area (Å²) in [4.78, 5) is 4.95. The van der Waals surface area contributed by atoms with Crippen molar-refractivity contribution >= 4 is 34.1 Å². The lowest BCUT2D eigenvalue weighted by Crippen LogP contribution is -2.09. The molecule has 1 aliphatic carbocycles. The first-order valence-electron chi connectivity index (χ1n) is 9.27. The van der Waals surface area contributed by atoms with E-state index in [0.29, 0.717) is 0 Å². The molecule has 0 bridgehead atoms. The molecule has 0 radical (unpaired) electrons. The van der Waals surface area contributed by atoms with Crippen LogP contribution in [0.2, 0.25) is 5.02 Å². The number of benzene rings is 2. The van der Waals surface area contributed by atoms with Crippen LogP contribution < -0.4 is 5.32 Å². The summed E-state index contributed by atoms with van der Waals surface area (Å²) < 4.78 is 0. The topological polar surface area (TPSA) is 53.6 Å². The number of rotatable bonds is 3. The maximum Gasteiger partial charge on any atom is 0.161 e. The van der Waals surface area contributed by atoms with Gasteiger partial charge in [-0.2, -0.15) is 5.10 Å². The van der Waals surface area contributed by atoms with Crippen molar-refractivity contribution in [1.29, 1.82) is 0 Å². The summed E-state index contributed by atoms with van der Waals surface area (Å²) in [5.41, 5.74) is 5.53. The van der Waals surface area contributed by atoms with Crippen LogP contribution in [0.15, 0.2) is 54.6 Å². The van der Waals surface area contributed by atoms with E-state index in [1.807, 2.05) is 42.5 Å². The normalized spacial score (nSPS) is 13.5. The van der Waals surface area contributed by atoms with Crippen molar-refractivity contribution in [2.45, 2.75) is 25.7 Å². The second kappa shape index (κ2) is 6.71. The van der Waals surface area contributed by atoms with Crippen LogP contribution in [-0.4, -0.2) is 15.2 Å². The van der Waals surface area contributed by atoms with Crippen molar-refractivity contribution in [2.24, 2.45) is 0 Å². The predicted octanol–water partition coefficient (Wildman–Crippen LogP) is 5.90. The van der Waals surface area contributed by atoms with Gasteiger partial charge in [-0.15, -0.1) is 0 Å². The third-order valence-electron chi connectivity index (χ3n) is 5.20. The molecular weight excluding hydrogens is 356 g/mol. The molecule has 2 aromatic carbocycles. The van der Waals surface area contributed by atoms with Gasteiger partial charge in [0.05, 0.1) is 11.2 Å². The molecule has 5 rings (SSSR count). The highest BCUT2D eigenvalue weighted by Crippen LogP contribution is 2.35. The first kappa shape index (κ1) is 16.3. The Morgan fingerprint density at radius 3 is 2.67 bits per heavy atom. The lowest BCUT2D eigenvalue weighted by Gasteiger charge is -2.21. The van der Waals surface area contributed by atoms with Gasteiger partial charge in [0.1, 0.15) is 5.82 Å². The van der Waals surface area contributed by atoms with Crippen LogP contribution in [0.1, 0.15) is 24.0 Å². The van der Waals surface area contributed by atoms with Crippen molar-refractivity contribution in [3.63, 3.8) is 0 Å². The second-order valence-corrected chi connectivity index (χ2v) is 7.33. The highest BCUT2D eigenvalue weighted by molar-refractivity contribution is 6.33. The number of hydrogen-bond donors (Lipinski definition) is 2. The molecule has 5 heteroatoms. The van der Waals surface area contributed by atoms with Crippen LogP contribution >= 0.6 is 11.6 Å². The Morgan fingerprint density at radius 2 is 1.74 bits per heavy atom. The number of anilines is 2. The zero-order valence-electron chi connectivity index (χ0n) is 14.8. The molecule has 0 amide bonds. The molecule has 0 atom stereocenters. The first-order valence-corrected chi connectivity index (χ1v) is 9.65. The Bertz CT molecular complexity index is 1130. The summed E-state index contributed by atoms with van der Waals surface area (Å²) in [6.45, 7) is 0. The van der Waals surface area contributed by atoms with Gasteiger partial charge in [0.25, 0.3) is 0 Å². The SMILES string of the molecule is Clc1ccccc1-c1cc2c(c(Nc3n[nH]c4ccccc34)n1)CCCC2. The van der Waals surface area contributed by atoms with E-state index >= 15 is 0 Å². The maximum absolute atomic E-state index is 6.44. The van der Waals surface area contributed by atoms with Crippen LogP contribution in [0.5, 0.6) is 0 Å². The predicted molar refractivity (Wildman–Crippen MR) is 111 cm³/mol. The highest BCUT2D eigenvalue weighted by atomic mass is 35.5. The maximum atomic E-state index is 6.44. The number of aryl methyl sites for hydroxylation is 1. The van der Waals surface area contributed by atoms with Gasteiger partial charge in [0.15, 0.2) is 5.82 Å². The molecule has 2 N–H and O–H groups in total. The monoisotopic (exact) mass is 374 g/mol. The molecule has 0 spiro atoms. The number of para-hydroxylation sites is 1. The molecule has 0 fully saturated rings. The number of halogens is 1. The van der Waals surface area contributed by atoms with E-state index in [4.69, 9.17) is 16.6 Å². The van der Waals surface area contributed by atoms with Crippen LogP contribution in [0.25, 0.3) is 22.2 Å². The smallest absolute Gasteiger partial charge is 0.161 e. The molecule has 0 saturated carbocycles. The van der Waals surface area contributed by atoms with E-state index in [1.54, 1.807) is 0 Å². The van der Waals surface area contributed by atoms with Gasteiger partial charge in [-0.1, -0.05) is 41.9 Å². The molecule has 2 heterocycles. The zero-order chi connectivity index (χ0) is 18.2. The van der Waals surface area contributed by atoms with Gasteiger partial charge in [-0.25, -0.2) is 4.98 Å². The van der Waals surface area contributed by atoms with E-state index in [0.717, 1.165) is 51.7 Å². The average Bonchev–Trinajstić information content (AvgIpc) is 3.11. The van der Waals surface area contributed by atoms with Gasteiger partial charge >= 0.3 is 0 Å². The molecule has 0 aliphatic heterocycles. The third-order valence-corrected chi connectivity index (χ3v) is 5.53. The van der Waals surface area contributed by atoms with E-state index in [1.165, 1.54) is 24.0 Å². The van der Waals surface area contributed by atoms with Crippen molar-refractivity contribution in [1.82, 2.24) is 15.2 Å². The second-order valence-electron chi connectivity index (χ2n) is 6.92. The quantitative estimate of drug-likeness (QED) is 0.469. The molecule has 0 unspecified atom stereocenters. The Hall–Kier alpha value is -2.85. The molecule has 2 aromatic heterocycles. The summed E-state index contributed by atoms with van der Waals surface area (Å²) >= 11 is 6.44. The minimum Gasteiger partial charge on any atom is -0.323 e. The largest absolute Gasteiger partial charge is 0.323 e. The fraction of sp³-hybridized carbons (Fsp3) is 0.182. The first-order chi connectivity index (χ1) is 13.3. The Labute approximate surface area is 162 Å². The minimum atomic E-state index is 0.719. The lowest BCUT2D eigenvalue weighted by atomic mass is 9.91. The van der Waals surface area contributed by atoms with Crippen LogP contribution in [0.4, 0.5) is 11.6 Å². The van der Waals surface area contributed by atoms with Crippen molar-refractivity contribution < 1.29 is 0 Å². The molecule has 1 aliphatic rings. The molecule has 27 heavy (non-hydrogen) atoms. The number of aromatic amines is 1. The zero-order valence-corrected chi connectivity index (χ0v) is 15.6. The Morgan fingerprint density at radius 1 is 0.926 bits per heavy atom. The van der Waals surface area contributed by atoms with Gasteiger partial charge in [-0.05, 0) is 61.1 Å². The summed E-state index contributed by atoms with van der Waals surface area (Å²) in [6.07, 6.45) is 4.51. The number of fused-ring (bicyclic) bond motifs is 2. The highest BCUT2D eigenvalue weighted by Gasteiger charge is 2.19. The Kier molecular flexibility index (Phi) is 4.06. The summed E-state index contributed by atoms with van der Waals surface area (Å²) in [5, 5.41) is 12.8. The van der Waals surface area contributed by atoms with Gasteiger partial charge in [0, 0.05) is 16.0 Å². The van der Waals surface area contributed by atoms with E-state index < -0.39 is 0 Å². The minimum absolute atomic E-state index is 0.719. The molecule has 4 aromatic rings. The van der Waals surface area contributed by atoms with Crippen LogP contribution in [0, 0.1) is 0 Å². The average molecular weight is 375 g/mol. The fourth-order valence-electron chi connectivity index (χ4n) is 3.82. The van der Waals surface area contributed by atoms with Gasteiger partial charge in [0.2, 0.25) is 0 Å². The third kappa shape index (κ3) is 2.96. The van der Waals surface area contributed by atoms with Crippen LogP contribution in [0.3, 0.4) is 0 Å². The molecule has 4 nitrogen and oxygen atoms in total. The molecule has 0 saturated heterocycles.